The number of nitrogens with zero attached hydrogens (tertiary/aromatic N) is 1. The van der Waals surface area contributed by atoms with Gasteiger partial charge in [-0.3, -0.25) is 0 Å². The highest BCUT2D eigenvalue weighted by Gasteiger charge is 2.04. The Hall–Kier alpha value is -2.14. The van der Waals surface area contributed by atoms with E-state index in [0.29, 0.717) is 13.2 Å². The highest BCUT2D eigenvalue weighted by molar-refractivity contribution is 5.93. The summed E-state index contributed by atoms with van der Waals surface area (Å²) in [6.45, 7) is 1.29. The number of benzene rings is 1. The molecule has 0 fully saturated rings. The Morgan fingerprint density at radius 1 is 1.39 bits per heavy atom. The number of hydrogen-bond acceptors (Lipinski definition) is 4. The number of carboxylic acid groups (broad SMARTS) is 1. The molecule has 0 amide bonds. The SMILES string of the molecule is COCCNc1ccc2cc(C(=O)O)ccc2n1. The molecule has 0 aliphatic rings. The maximum absolute atomic E-state index is 10.8. The molecule has 0 saturated carbocycles. The van der Waals surface area contributed by atoms with Crippen LogP contribution in [-0.2, 0) is 4.74 Å². The molecular weight excluding hydrogens is 232 g/mol. The summed E-state index contributed by atoms with van der Waals surface area (Å²) in [6.07, 6.45) is 0. The normalized spacial score (nSPS) is 10.5. The first-order valence-electron chi connectivity index (χ1n) is 5.57. The first kappa shape index (κ1) is 12.3. The molecule has 0 radical (unpaired) electrons. The molecule has 2 N–H and O–H groups in total. The number of pyridine rings is 1. The molecule has 0 unspecified atom stereocenters. The summed E-state index contributed by atoms with van der Waals surface area (Å²) in [6, 6.07) is 8.55. The van der Waals surface area contributed by atoms with Crippen molar-refractivity contribution in [3.8, 4) is 0 Å². The topological polar surface area (TPSA) is 71.5 Å². The Kier molecular flexibility index (Phi) is 3.74. The van der Waals surface area contributed by atoms with Gasteiger partial charge in [0.2, 0.25) is 0 Å². The van der Waals surface area contributed by atoms with Crippen LogP contribution in [0.2, 0.25) is 0 Å². The number of nitrogens with one attached hydrogen (secondary N) is 1. The van der Waals surface area contributed by atoms with Gasteiger partial charge in [-0.05, 0) is 30.3 Å². The summed E-state index contributed by atoms with van der Waals surface area (Å²) in [4.78, 5) is 15.2. The van der Waals surface area contributed by atoms with Crippen molar-refractivity contribution in [1.82, 2.24) is 4.98 Å². The van der Waals surface area contributed by atoms with Crippen LogP contribution in [0.1, 0.15) is 10.4 Å². The zero-order valence-corrected chi connectivity index (χ0v) is 10.0. The molecule has 0 bridgehead atoms. The number of rotatable bonds is 5. The van der Waals surface area contributed by atoms with Gasteiger partial charge in [0.15, 0.2) is 0 Å². The quantitative estimate of drug-likeness (QED) is 0.789. The average molecular weight is 246 g/mol. The van der Waals surface area contributed by atoms with Crippen LogP contribution in [0.15, 0.2) is 30.3 Å². The Morgan fingerprint density at radius 3 is 2.94 bits per heavy atom. The van der Waals surface area contributed by atoms with E-state index in [0.717, 1.165) is 16.7 Å². The van der Waals surface area contributed by atoms with Gasteiger partial charge in [-0.2, -0.15) is 0 Å². The minimum atomic E-state index is -0.931. The molecule has 5 heteroatoms. The van der Waals surface area contributed by atoms with E-state index in [-0.39, 0.29) is 5.56 Å². The highest BCUT2D eigenvalue weighted by Crippen LogP contribution is 2.17. The minimum Gasteiger partial charge on any atom is -0.478 e. The van der Waals surface area contributed by atoms with Crippen molar-refractivity contribution in [3.63, 3.8) is 0 Å². The van der Waals surface area contributed by atoms with Crippen molar-refractivity contribution in [3.05, 3.63) is 35.9 Å². The average Bonchev–Trinajstić information content (AvgIpc) is 2.38. The number of ether oxygens (including phenoxy) is 1. The number of carbonyl (C=O) groups is 1. The van der Waals surface area contributed by atoms with Crippen molar-refractivity contribution in [2.75, 3.05) is 25.6 Å². The summed E-state index contributed by atoms with van der Waals surface area (Å²) >= 11 is 0. The molecule has 0 aliphatic carbocycles. The second-order valence-corrected chi connectivity index (χ2v) is 3.83. The van der Waals surface area contributed by atoms with Gasteiger partial charge in [-0.1, -0.05) is 0 Å². The lowest BCUT2D eigenvalue weighted by atomic mass is 10.1. The lowest BCUT2D eigenvalue weighted by Crippen LogP contribution is -2.08. The number of aromatic nitrogens is 1. The van der Waals surface area contributed by atoms with E-state index in [9.17, 15) is 4.79 Å². The Labute approximate surface area is 104 Å². The van der Waals surface area contributed by atoms with E-state index in [2.05, 4.69) is 10.3 Å². The lowest BCUT2D eigenvalue weighted by molar-refractivity contribution is 0.0697. The molecule has 1 aromatic carbocycles. The number of methoxy groups -OCH3 is 1. The molecular formula is C13H14N2O3. The lowest BCUT2D eigenvalue weighted by Gasteiger charge is -2.06. The van der Waals surface area contributed by atoms with E-state index in [1.807, 2.05) is 12.1 Å². The van der Waals surface area contributed by atoms with Crippen LogP contribution in [0.25, 0.3) is 10.9 Å². The zero-order valence-electron chi connectivity index (χ0n) is 10.0. The first-order chi connectivity index (χ1) is 8.70. The molecule has 94 valence electrons. The third-order valence-corrected chi connectivity index (χ3v) is 2.55. The van der Waals surface area contributed by atoms with Gasteiger partial charge in [0.25, 0.3) is 0 Å². The van der Waals surface area contributed by atoms with E-state index >= 15 is 0 Å². The molecule has 0 saturated heterocycles. The predicted molar refractivity (Wildman–Crippen MR) is 69.1 cm³/mol. The second-order valence-electron chi connectivity index (χ2n) is 3.83. The van der Waals surface area contributed by atoms with Crippen LogP contribution in [-0.4, -0.2) is 36.3 Å². The molecule has 0 aliphatic heterocycles. The predicted octanol–water partition coefficient (Wildman–Crippen LogP) is 1.99. The van der Waals surface area contributed by atoms with Crippen LogP contribution >= 0.6 is 0 Å². The van der Waals surface area contributed by atoms with Crippen molar-refractivity contribution >= 4 is 22.7 Å². The second kappa shape index (κ2) is 5.46. The van der Waals surface area contributed by atoms with Gasteiger partial charge in [-0.15, -0.1) is 0 Å². The van der Waals surface area contributed by atoms with Gasteiger partial charge in [0.1, 0.15) is 5.82 Å². The summed E-state index contributed by atoms with van der Waals surface area (Å²) in [5.41, 5.74) is 1.03. The van der Waals surface area contributed by atoms with E-state index < -0.39 is 5.97 Å². The van der Waals surface area contributed by atoms with Gasteiger partial charge in [-0.25, -0.2) is 9.78 Å². The third kappa shape index (κ3) is 2.75. The molecule has 0 spiro atoms. The Morgan fingerprint density at radius 2 is 2.22 bits per heavy atom. The zero-order chi connectivity index (χ0) is 13.0. The third-order valence-electron chi connectivity index (χ3n) is 2.55. The number of hydrogen-bond donors (Lipinski definition) is 2. The standard InChI is InChI=1S/C13H14N2O3/c1-18-7-6-14-12-5-3-9-8-10(13(16)17)2-4-11(9)15-12/h2-5,8H,6-7H2,1H3,(H,14,15)(H,16,17). The van der Waals surface area contributed by atoms with Crippen LogP contribution < -0.4 is 5.32 Å². The molecule has 2 aromatic rings. The number of anilines is 1. The van der Waals surface area contributed by atoms with Crippen LogP contribution in [0.4, 0.5) is 5.82 Å². The maximum Gasteiger partial charge on any atom is 0.335 e. The molecule has 2 rings (SSSR count). The summed E-state index contributed by atoms with van der Waals surface area (Å²) in [5, 5.41) is 12.8. The van der Waals surface area contributed by atoms with Crippen LogP contribution in [0.3, 0.4) is 0 Å². The number of carboxylic acids is 1. The fourth-order valence-electron chi connectivity index (χ4n) is 1.64. The smallest absolute Gasteiger partial charge is 0.335 e. The van der Waals surface area contributed by atoms with E-state index in [1.165, 1.54) is 0 Å². The van der Waals surface area contributed by atoms with E-state index in [4.69, 9.17) is 9.84 Å². The van der Waals surface area contributed by atoms with Crippen LogP contribution in [0, 0.1) is 0 Å². The summed E-state index contributed by atoms with van der Waals surface area (Å²) in [7, 11) is 1.64. The van der Waals surface area contributed by atoms with Gasteiger partial charge in [0, 0.05) is 19.0 Å². The molecule has 5 nitrogen and oxygen atoms in total. The Bertz CT molecular complexity index is 569. The molecule has 1 aromatic heterocycles. The highest BCUT2D eigenvalue weighted by atomic mass is 16.5. The van der Waals surface area contributed by atoms with Crippen molar-refractivity contribution in [2.24, 2.45) is 0 Å². The van der Waals surface area contributed by atoms with Gasteiger partial charge in [0.05, 0.1) is 17.7 Å². The van der Waals surface area contributed by atoms with Crippen LogP contribution in [0.5, 0.6) is 0 Å². The van der Waals surface area contributed by atoms with Crippen molar-refractivity contribution in [2.45, 2.75) is 0 Å². The fraction of sp³-hybridized carbons (Fsp3) is 0.231. The molecule has 0 atom stereocenters. The molecule has 18 heavy (non-hydrogen) atoms. The maximum atomic E-state index is 10.8. The van der Waals surface area contributed by atoms with Crippen molar-refractivity contribution < 1.29 is 14.6 Å². The largest absolute Gasteiger partial charge is 0.478 e. The Balaban J connectivity index is 2.24. The summed E-state index contributed by atoms with van der Waals surface area (Å²) in [5.74, 6) is -0.179. The fourth-order valence-corrected chi connectivity index (χ4v) is 1.64. The summed E-state index contributed by atoms with van der Waals surface area (Å²) < 4.78 is 4.94. The van der Waals surface area contributed by atoms with Crippen molar-refractivity contribution in [1.29, 1.82) is 0 Å². The number of aromatic carboxylic acids is 1. The van der Waals surface area contributed by atoms with Gasteiger partial charge < -0.3 is 15.2 Å². The van der Waals surface area contributed by atoms with Gasteiger partial charge >= 0.3 is 5.97 Å². The molecule has 1 heterocycles. The minimum absolute atomic E-state index is 0.268. The number of fused-ring (bicyclic) bond motifs is 1. The monoisotopic (exact) mass is 246 g/mol. The first-order valence-corrected chi connectivity index (χ1v) is 5.57. The van der Waals surface area contributed by atoms with E-state index in [1.54, 1.807) is 25.3 Å².